The van der Waals surface area contributed by atoms with Gasteiger partial charge in [0.15, 0.2) is 0 Å². The van der Waals surface area contributed by atoms with Gasteiger partial charge in [0.25, 0.3) is 11.8 Å². The normalized spacial score (nSPS) is 18.7. The molecule has 31 heavy (non-hydrogen) atoms. The summed E-state index contributed by atoms with van der Waals surface area (Å²) in [6.45, 7) is 1.74. The lowest BCUT2D eigenvalue weighted by Gasteiger charge is -2.25. The molecule has 0 radical (unpaired) electrons. The smallest absolute Gasteiger partial charge is 0.261 e. The van der Waals surface area contributed by atoms with Crippen molar-refractivity contribution in [3.05, 3.63) is 65.2 Å². The molecule has 2 aliphatic heterocycles. The van der Waals surface area contributed by atoms with Gasteiger partial charge in [0, 0.05) is 32.0 Å². The molecule has 6 nitrogen and oxygen atoms in total. The second-order valence-corrected chi connectivity index (χ2v) is 8.22. The van der Waals surface area contributed by atoms with Crippen LogP contribution in [0.4, 0.5) is 0 Å². The van der Waals surface area contributed by atoms with Crippen molar-refractivity contribution < 1.29 is 19.1 Å². The van der Waals surface area contributed by atoms with Crippen molar-refractivity contribution in [3.63, 3.8) is 0 Å². The molecule has 0 N–H and O–H groups in total. The van der Waals surface area contributed by atoms with Gasteiger partial charge >= 0.3 is 0 Å². The van der Waals surface area contributed by atoms with Gasteiger partial charge in [-0.05, 0) is 49.1 Å². The van der Waals surface area contributed by atoms with Crippen molar-refractivity contribution >= 4 is 17.7 Å². The van der Waals surface area contributed by atoms with E-state index in [4.69, 9.17) is 4.74 Å². The van der Waals surface area contributed by atoms with Gasteiger partial charge in [-0.3, -0.25) is 19.3 Å². The number of benzene rings is 2. The molecule has 1 saturated heterocycles. The SMILES string of the molecule is COc1ccc(C2CCCCN(C(=O)CCCN3C(=O)c4ccccc4C3=O)C2)cc1. The highest BCUT2D eigenvalue weighted by Gasteiger charge is 2.34. The summed E-state index contributed by atoms with van der Waals surface area (Å²) < 4.78 is 5.25. The van der Waals surface area contributed by atoms with Crippen LogP contribution >= 0.6 is 0 Å². The second-order valence-electron chi connectivity index (χ2n) is 8.22. The number of likely N-dealkylation sites (tertiary alicyclic amines) is 1. The zero-order valence-electron chi connectivity index (χ0n) is 17.9. The van der Waals surface area contributed by atoms with E-state index in [2.05, 4.69) is 12.1 Å². The van der Waals surface area contributed by atoms with Crippen LogP contribution in [-0.4, -0.2) is 54.3 Å². The number of ether oxygens (including phenoxy) is 1. The molecule has 0 saturated carbocycles. The van der Waals surface area contributed by atoms with E-state index in [9.17, 15) is 14.4 Å². The lowest BCUT2D eigenvalue weighted by molar-refractivity contribution is -0.131. The van der Waals surface area contributed by atoms with E-state index >= 15 is 0 Å². The Bertz CT molecular complexity index is 935. The number of hydrogen-bond acceptors (Lipinski definition) is 4. The van der Waals surface area contributed by atoms with Crippen LogP contribution in [0.25, 0.3) is 0 Å². The van der Waals surface area contributed by atoms with Crippen molar-refractivity contribution in [2.24, 2.45) is 0 Å². The molecule has 0 aromatic heterocycles. The summed E-state index contributed by atoms with van der Waals surface area (Å²) in [5, 5.41) is 0. The molecule has 0 aliphatic carbocycles. The van der Waals surface area contributed by atoms with Crippen LogP contribution < -0.4 is 4.74 Å². The standard InChI is InChI=1S/C25H28N2O4/c1-31-20-13-11-18(12-14-20)19-7-4-5-15-26(17-19)23(28)10-6-16-27-24(29)21-8-2-3-9-22(21)25(27)30/h2-3,8-9,11-14,19H,4-7,10,15-17H2,1H3. The first-order valence-electron chi connectivity index (χ1n) is 11.0. The highest BCUT2D eigenvalue weighted by Crippen LogP contribution is 2.28. The number of rotatable bonds is 6. The average Bonchev–Trinajstić information content (AvgIpc) is 2.97. The van der Waals surface area contributed by atoms with E-state index in [1.54, 1.807) is 31.4 Å². The predicted octanol–water partition coefficient (Wildman–Crippen LogP) is 3.87. The van der Waals surface area contributed by atoms with Crippen LogP contribution in [0.15, 0.2) is 48.5 Å². The van der Waals surface area contributed by atoms with Crippen molar-refractivity contribution in [1.82, 2.24) is 9.80 Å². The monoisotopic (exact) mass is 420 g/mol. The van der Waals surface area contributed by atoms with E-state index in [1.807, 2.05) is 17.0 Å². The summed E-state index contributed by atoms with van der Waals surface area (Å²) in [5.41, 5.74) is 2.13. The number of imide groups is 1. The number of carbonyl (C=O) groups excluding carboxylic acids is 3. The summed E-state index contributed by atoms with van der Waals surface area (Å²) in [6, 6.07) is 15.0. The van der Waals surface area contributed by atoms with Crippen molar-refractivity contribution in [2.45, 2.75) is 38.0 Å². The Morgan fingerprint density at radius 3 is 2.32 bits per heavy atom. The average molecular weight is 421 g/mol. The first kappa shape index (κ1) is 21.1. The molecular formula is C25H28N2O4. The van der Waals surface area contributed by atoms with Crippen LogP contribution in [0.2, 0.25) is 0 Å². The summed E-state index contributed by atoms with van der Waals surface area (Å²) in [7, 11) is 1.66. The summed E-state index contributed by atoms with van der Waals surface area (Å²) >= 11 is 0. The van der Waals surface area contributed by atoms with Crippen LogP contribution in [-0.2, 0) is 4.79 Å². The minimum Gasteiger partial charge on any atom is -0.497 e. The fourth-order valence-electron chi connectivity index (χ4n) is 4.51. The Labute approximate surface area is 182 Å². The fourth-order valence-corrected chi connectivity index (χ4v) is 4.51. The number of nitrogens with zero attached hydrogens (tertiary/aromatic N) is 2. The first-order chi connectivity index (χ1) is 15.1. The highest BCUT2D eigenvalue weighted by atomic mass is 16.5. The minimum atomic E-state index is -0.262. The molecule has 0 bridgehead atoms. The summed E-state index contributed by atoms with van der Waals surface area (Å²) in [5.74, 6) is 0.717. The molecule has 3 amide bonds. The summed E-state index contributed by atoms with van der Waals surface area (Å²) in [6.07, 6.45) is 3.97. The lowest BCUT2D eigenvalue weighted by atomic mass is 9.94. The zero-order valence-corrected chi connectivity index (χ0v) is 17.9. The van der Waals surface area contributed by atoms with Crippen molar-refractivity contribution in [2.75, 3.05) is 26.7 Å². The van der Waals surface area contributed by atoms with Crippen LogP contribution in [0.1, 0.15) is 64.3 Å². The number of fused-ring (bicyclic) bond motifs is 1. The van der Waals surface area contributed by atoms with Gasteiger partial charge in [-0.15, -0.1) is 0 Å². The number of methoxy groups -OCH3 is 1. The number of hydrogen-bond donors (Lipinski definition) is 0. The molecule has 2 aromatic rings. The molecule has 1 atom stereocenters. The third kappa shape index (κ3) is 4.48. The van der Waals surface area contributed by atoms with E-state index in [0.717, 1.165) is 31.6 Å². The third-order valence-corrected chi connectivity index (χ3v) is 6.26. The molecule has 1 unspecified atom stereocenters. The number of amides is 3. The quantitative estimate of drug-likeness (QED) is 0.666. The Kier molecular flexibility index (Phi) is 6.35. The fraction of sp³-hybridized carbons (Fsp3) is 0.400. The Hall–Kier alpha value is -3.15. The highest BCUT2D eigenvalue weighted by molar-refractivity contribution is 6.21. The Morgan fingerprint density at radius 1 is 1.00 bits per heavy atom. The summed E-state index contributed by atoms with van der Waals surface area (Å²) in [4.78, 5) is 41.1. The molecule has 1 fully saturated rings. The Balaban J connectivity index is 1.33. The molecular weight excluding hydrogens is 392 g/mol. The van der Waals surface area contributed by atoms with Crippen LogP contribution in [0.5, 0.6) is 5.75 Å². The van der Waals surface area contributed by atoms with E-state index in [1.165, 1.54) is 10.5 Å². The van der Waals surface area contributed by atoms with Crippen LogP contribution in [0.3, 0.4) is 0 Å². The molecule has 6 heteroatoms. The molecule has 2 aromatic carbocycles. The minimum absolute atomic E-state index is 0.0945. The largest absolute Gasteiger partial charge is 0.497 e. The van der Waals surface area contributed by atoms with Gasteiger partial charge in [-0.2, -0.15) is 0 Å². The van der Waals surface area contributed by atoms with Crippen LogP contribution in [0, 0.1) is 0 Å². The molecule has 0 spiro atoms. The van der Waals surface area contributed by atoms with E-state index in [0.29, 0.717) is 36.4 Å². The third-order valence-electron chi connectivity index (χ3n) is 6.26. The van der Waals surface area contributed by atoms with E-state index in [-0.39, 0.29) is 24.3 Å². The maximum atomic E-state index is 12.9. The van der Waals surface area contributed by atoms with Gasteiger partial charge in [0.1, 0.15) is 5.75 Å². The van der Waals surface area contributed by atoms with Gasteiger partial charge in [-0.25, -0.2) is 0 Å². The zero-order chi connectivity index (χ0) is 21.8. The van der Waals surface area contributed by atoms with Crippen molar-refractivity contribution in [3.8, 4) is 5.75 Å². The van der Waals surface area contributed by atoms with Gasteiger partial charge in [-0.1, -0.05) is 30.7 Å². The molecule has 4 rings (SSSR count). The maximum Gasteiger partial charge on any atom is 0.261 e. The Morgan fingerprint density at radius 2 is 1.68 bits per heavy atom. The molecule has 162 valence electrons. The number of carbonyl (C=O) groups is 3. The first-order valence-corrected chi connectivity index (χ1v) is 11.0. The molecule has 2 aliphatic rings. The van der Waals surface area contributed by atoms with Crippen molar-refractivity contribution in [1.29, 1.82) is 0 Å². The van der Waals surface area contributed by atoms with Gasteiger partial charge < -0.3 is 9.64 Å². The van der Waals surface area contributed by atoms with Gasteiger partial charge in [0.05, 0.1) is 18.2 Å². The lowest BCUT2D eigenvalue weighted by Crippen LogP contribution is -2.35. The van der Waals surface area contributed by atoms with Gasteiger partial charge in [0.2, 0.25) is 5.91 Å². The topological polar surface area (TPSA) is 66.9 Å². The molecule has 2 heterocycles. The second kappa shape index (κ2) is 9.33. The maximum absolute atomic E-state index is 12.9. The predicted molar refractivity (Wildman–Crippen MR) is 117 cm³/mol. The van der Waals surface area contributed by atoms with E-state index < -0.39 is 0 Å².